The number of hydrogen-bond acceptors (Lipinski definition) is 4. The maximum Gasteiger partial charge on any atom is 0.204 e. The molecule has 3 rings (SSSR count). The molecule has 2 heterocycles. The van der Waals surface area contributed by atoms with E-state index in [4.69, 9.17) is 38.7 Å². The molecule has 0 aliphatic rings. The van der Waals surface area contributed by atoms with Crippen LogP contribution in [0.15, 0.2) is 40.8 Å². The van der Waals surface area contributed by atoms with Crippen molar-refractivity contribution in [3.63, 3.8) is 0 Å². The van der Waals surface area contributed by atoms with Gasteiger partial charge in [0.05, 0.1) is 9.72 Å². The van der Waals surface area contributed by atoms with Gasteiger partial charge in [-0.2, -0.15) is 0 Å². The van der Waals surface area contributed by atoms with Crippen LogP contribution in [0.1, 0.15) is 10.6 Å². The molecule has 0 aliphatic heterocycles. The van der Waals surface area contributed by atoms with E-state index < -0.39 is 0 Å². The lowest BCUT2D eigenvalue weighted by Gasteiger charge is -2.04. The fourth-order valence-corrected chi connectivity index (χ4v) is 3.04. The predicted octanol–water partition coefficient (Wildman–Crippen LogP) is 4.36. The zero-order valence-corrected chi connectivity index (χ0v) is 12.6. The number of para-hydroxylation sites is 1. The first kappa shape index (κ1) is 13.4. The number of ether oxygens (including phenoxy) is 1. The van der Waals surface area contributed by atoms with Gasteiger partial charge in [-0.3, -0.25) is 0 Å². The van der Waals surface area contributed by atoms with Crippen molar-refractivity contribution in [3.05, 3.63) is 51.4 Å². The van der Waals surface area contributed by atoms with Gasteiger partial charge in [0.15, 0.2) is 5.75 Å². The Labute approximate surface area is 129 Å². The first-order valence-electron chi connectivity index (χ1n) is 5.83. The second-order valence-corrected chi connectivity index (χ2v) is 6.35. The van der Waals surface area contributed by atoms with Gasteiger partial charge in [-0.15, -0.1) is 11.3 Å². The molecule has 0 saturated carbocycles. The molecule has 0 bridgehead atoms. The Bertz CT molecular complexity index is 778. The molecule has 2 N–H and O–H groups in total. The summed E-state index contributed by atoms with van der Waals surface area (Å²) in [6.45, 7) is 0.399. The van der Waals surface area contributed by atoms with Crippen molar-refractivity contribution in [1.29, 1.82) is 0 Å². The van der Waals surface area contributed by atoms with Gasteiger partial charge in [0.2, 0.25) is 5.76 Å². The third-order valence-electron chi connectivity index (χ3n) is 2.76. The van der Waals surface area contributed by atoms with Gasteiger partial charge in [0.25, 0.3) is 0 Å². The lowest BCUT2D eigenvalue weighted by molar-refractivity contribution is 0.308. The second-order valence-electron chi connectivity index (χ2n) is 4.12. The molecule has 0 fully saturated rings. The molecule has 0 saturated heterocycles. The molecule has 3 nitrogen and oxygen atoms in total. The Morgan fingerprint density at radius 2 is 2.10 bits per heavy atom. The maximum absolute atomic E-state index is 5.90. The van der Waals surface area contributed by atoms with Gasteiger partial charge in [-0.05, 0) is 24.3 Å². The van der Waals surface area contributed by atoms with Gasteiger partial charge in [-0.25, -0.2) is 0 Å². The van der Waals surface area contributed by atoms with Crippen LogP contribution in [0.4, 0.5) is 0 Å². The van der Waals surface area contributed by atoms with E-state index in [1.807, 2.05) is 36.4 Å². The number of hydrogen-bond donors (Lipinski definition) is 1. The Morgan fingerprint density at radius 1 is 1.30 bits per heavy atom. The fourth-order valence-electron chi connectivity index (χ4n) is 1.90. The minimum absolute atomic E-state index is 0.181. The summed E-state index contributed by atoms with van der Waals surface area (Å²) in [6.07, 6.45) is 0. The van der Waals surface area contributed by atoms with Gasteiger partial charge in [-0.1, -0.05) is 36.0 Å². The van der Waals surface area contributed by atoms with E-state index in [2.05, 4.69) is 0 Å². The van der Waals surface area contributed by atoms with Crippen LogP contribution in [-0.2, 0) is 6.61 Å². The van der Waals surface area contributed by atoms with Crippen molar-refractivity contribution in [2.75, 3.05) is 0 Å². The zero-order chi connectivity index (χ0) is 14.1. The topological polar surface area (TPSA) is 48.4 Å². The van der Waals surface area contributed by atoms with Crippen LogP contribution < -0.4 is 10.5 Å². The average molecular weight is 324 g/mol. The van der Waals surface area contributed by atoms with E-state index in [1.165, 1.54) is 11.3 Å². The number of furan rings is 1. The van der Waals surface area contributed by atoms with Crippen LogP contribution in [0.25, 0.3) is 11.0 Å². The van der Waals surface area contributed by atoms with Gasteiger partial charge in [0, 0.05) is 4.88 Å². The van der Waals surface area contributed by atoms with Crippen molar-refractivity contribution < 1.29 is 9.15 Å². The summed E-state index contributed by atoms with van der Waals surface area (Å²) in [5.74, 6) is 0.987. The zero-order valence-electron chi connectivity index (χ0n) is 10.3. The normalized spacial score (nSPS) is 10.8. The molecule has 0 spiro atoms. The molecule has 20 heavy (non-hydrogen) atoms. The van der Waals surface area contributed by atoms with Crippen molar-refractivity contribution in [3.8, 4) is 5.75 Å². The third kappa shape index (κ3) is 2.52. The lowest BCUT2D eigenvalue weighted by atomic mass is 10.2. The van der Waals surface area contributed by atoms with E-state index in [0.717, 1.165) is 14.6 Å². The molecule has 2 aromatic heterocycles. The summed E-state index contributed by atoms with van der Waals surface area (Å²) in [5.41, 5.74) is 6.39. The van der Waals surface area contributed by atoms with Gasteiger partial charge in [0.1, 0.15) is 17.2 Å². The highest BCUT2D eigenvalue weighted by Gasteiger charge is 2.17. The van der Waals surface area contributed by atoms with E-state index >= 15 is 0 Å². The molecular weight excluding hydrogens is 314 g/mol. The first-order chi connectivity index (χ1) is 9.65. The standard InChI is InChI=1S/C14H10ClNO2S2/c15-11-6-5-8(20-11)7-17-12-9-3-1-2-4-10(9)18-13(12)14(16)19/h1-6H,7H2,(H2,16,19). The van der Waals surface area contributed by atoms with E-state index in [1.54, 1.807) is 0 Å². The minimum Gasteiger partial charge on any atom is -0.483 e. The molecule has 0 unspecified atom stereocenters. The van der Waals surface area contributed by atoms with Crippen LogP contribution in [-0.4, -0.2) is 4.99 Å². The summed E-state index contributed by atoms with van der Waals surface area (Å²) in [4.78, 5) is 1.20. The Morgan fingerprint density at radius 3 is 2.80 bits per heavy atom. The monoisotopic (exact) mass is 323 g/mol. The number of thiophene rings is 1. The quantitative estimate of drug-likeness (QED) is 0.725. The first-order valence-corrected chi connectivity index (χ1v) is 7.44. The third-order valence-corrected chi connectivity index (χ3v) is 4.15. The van der Waals surface area contributed by atoms with E-state index in [-0.39, 0.29) is 4.99 Å². The molecule has 0 radical (unpaired) electrons. The molecule has 1 aromatic carbocycles. The van der Waals surface area contributed by atoms with E-state index in [0.29, 0.717) is 23.7 Å². The number of benzene rings is 1. The number of halogens is 1. The smallest absolute Gasteiger partial charge is 0.204 e. The number of rotatable bonds is 4. The SMILES string of the molecule is NC(=S)c1oc2ccccc2c1OCc1ccc(Cl)s1. The van der Waals surface area contributed by atoms with E-state index in [9.17, 15) is 0 Å². The highest BCUT2D eigenvalue weighted by atomic mass is 35.5. The second kappa shape index (κ2) is 5.44. The van der Waals surface area contributed by atoms with Crippen molar-refractivity contribution in [1.82, 2.24) is 0 Å². The molecular formula is C14H10ClNO2S2. The highest BCUT2D eigenvalue weighted by molar-refractivity contribution is 7.80. The fraction of sp³-hybridized carbons (Fsp3) is 0.0714. The summed E-state index contributed by atoms with van der Waals surface area (Å²) >= 11 is 12.4. The minimum atomic E-state index is 0.181. The summed E-state index contributed by atoms with van der Waals surface area (Å²) < 4.78 is 12.2. The Hall–Kier alpha value is -1.56. The van der Waals surface area contributed by atoms with Crippen LogP contribution in [0, 0.1) is 0 Å². The Kier molecular flexibility index (Phi) is 3.65. The van der Waals surface area contributed by atoms with Gasteiger partial charge >= 0.3 is 0 Å². The highest BCUT2D eigenvalue weighted by Crippen LogP contribution is 2.34. The van der Waals surface area contributed by atoms with Crippen LogP contribution in [0.3, 0.4) is 0 Å². The summed E-state index contributed by atoms with van der Waals surface area (Å²) in [7, 11) is 0. The molecule has 0 atom stereocenters. The van der Waals surface area contributed by atoms with Crippen molar-refractivity contribution in [2.45, 2.75) is 6.61 Å². The molecule has 0 aliphatic carbocycles. The summed E-state index contributed by atoms with van der Waals surface area (Å²) in [6, 6.07) is 11.3. The average Bonchev–Trinajstić information content (AvgIpc) is 3.00. The van der Waals surface area contributed by atoms with Gasteiger partial charge < -0.3 is 14.9 Å². The largest absolute Gasteiger partial charge is 0.483 e. The number of fused-ring (bicyclic) bond motifs is 1. The Balaban J connectivity index is 1.96. The number of thiocarbonyl (C=S) groups is 1. The van der Waals surface area contributed by atoms with Crippen LogP contribution >= 0.6 is 35.2 Å². The molecule has 102 valence electrons. The predicted molar refractivity (Wildman–Crippen MR) is 85.8 cm³/mol. The molecule has 0 amide bonds. The lowest BCUT2D eigenvalue weighted by Crippen LogP contribution is -2.10. The maximum atomic E-state index is 5.90. The van der Waals surface area contributed by atoms with Crippen LogP contribution in [0.2, 0.25) is 4.34 Å². The molecule has 6 heteroatoms. The molecule has 3 aromatic rings. The number of nitrogens with two attached hydrogens (primary N) is 1. The van der Waals surface area contributed by atoms with Crippen LogP contribution in [0.5, 0.6) is 5.75 Å². The van der Waals surface area contributed by atoms with Crippen molar-refractivity contribution in [2.24, 2.45) is 5.73 Å². The van der Waals surface area contributed by atoms with Crippen molar-refractivity contribution >= 4 is 51.1 Å². The summed E-state index contributed by atoms with van der Waals surface area (Å²) in [5, 5.41) is 0.859.